The van der Waals surface area contributed by atoms with Gasteiger partial charge in [-0.05, 0) is 22.7 Å². The van der Waals surface area contributed by atoms with Crippen molar-refractivity contribution in [2.75, 3.05) is 11.9 Å². The number of rotatable bonds is 3. The highest BCUT2D eigenvalue weighted by atomic mass is 16.6. The van der Waals surface area contributed by atoms with Crippen LogP contribution in [-0.4, -0.2) is 38.8 Å². The number of hydrogen-bond donors (Lipinski definition) is 1. The number of imidazole rings is 1. The molecule has 0 radical (unpaired) electrons. The topological polar surface area (TPSA) is 84.4 Å². The summed E-state index contributed by atoms with van der Waals surface area (Å²) in [5.74, 6) is 0.295. The molecule has 2 atom stereocenters. The second-order valence-electron chi connectivity index (χ2n) is 4.79. The lowest BCUT2D eigenvalue weighted by atomic mass is 9.91. The van der Waals surface area contributed by atoms with Crippen LogP contribution >= 0.6 is 0 Å². The number of nitro groups is 1. The lowest BCUT2D eigenvalue weighted by Gasteiger charge is -2.35. The predicted molar refractivity (Wildman–Crippen MR) is 66.5 cm³/mol. The van der Waals surface area contributed by atoms with Crippen molar-refractivity contribution in [3.8, 4) is 0 Å². The summed E-state index contributed by atoms with van der Waals surface area (Å²) in [5, 5.41) is 21.0. The third kappa shape index (κ3) is 2.17. The molecule has 18 heavy (non-hydrogen) atoms. The summed E-state index contributed by atoms with van der Waals surface area (Å²) in [6.07, 6.45) is 4.65. The predicted octanol–water partition coefficient (Wildman–Crippen LogP) is 1.07. The fourth-order valence-corrected chi connectivity index (χ4v) is 2.65. The van der Waals surface area contributed by atoms with Gasteiger partial charge in [-0.3, -0.25) is 4.57 Å². The number of nitrogens with zero attached hydrogens (tertiary/aromatic N) is 4. The molecule has 1 fully saturated rings. The largest absolute Gasteiger partial charge is 0.406 e. The lowest BCUT2D eigenvalue weighted by Crippen LogP contribution is -2.44. The summed E-state index contributed by atoms with van der Waals surface area (Å²) in [7, 11) is 3.50. The first kappa shape index (κ1) is 12.8. The second-order valence-corrected chi connectivity index (χ2v) is 4.79. The van der Waals surface area contributed by atoms with Crippen molar-refractivity contribution in [2.45, 2.75) is 37.8 Å². The van der Waals surface area contributed by atoms with Gasteiger partial charge in [-0.2, -0.15) is 0 Å². The van der Waals surface area contributed by atoms with Gasteiger partial charge >= 0.3 is 5.82 Å². The maximum absolute atomic E-state index is 10.9. The van der Waals surface area contributed by atoms with Crippen LogP contribution in [-0.2, 0) is 7.05 Å². The van der Waals surface area contributed by atoms with Crippen LogP contribution in [0.2, 0.25) is 0 Å². The van der Waals surface area contributed by atoms with Crippen molar-refractivity contribution < 1.29 is 10.0 Å². The third-order valence-electron chi connectivity index (χ3n) is 3.59. The van der Waals surface area contributed by atoms with Crippen LogP contribution in [0, 0.1) is 10.1 Å². The van der Waals surface area contributed by atoms with E-state index >= 15 is 0 Å². The maximum atomic E-state index is 10.9. The molecule has 1 aliphatic rings. The Kier molecular flexibility index (Phi) is 3.51. The Hall–Kier alpha value is -1.63. The van der Waals surface area contributed by atoms with E-state index in [1.165, 1.54) is 6.33 Å². The molecule has 2 unspecified atom stereocenters. The van der Waals surface area contributed by atoms with E-state index < -0.39 is 11.0 Å². The standard InChI is InChI=1S/C11H18N4O3/c1-13-7-12-10(15(17)18)11(13)14(2)8-5-3-4-6-9(8)16/h7-9,16H,3-6H2,1-2H3. The zero-order chi connectivity index (χ0) is 13.3. The normalized spacial score (nSPS) is 23.9. The van der Waals surface area contributed by atoms with Gasteiger partial charge in [-0.15, -0.1) is 0 Å². The molecule has 7 heteroatoms. The average molecular weight is 254 g/mol. The van der Waals surface area contributed by atoms with Crippen LogP contribution < -0.4 is 4.90 Å². The quantitative estimate of drug-likeness (QED) is 0.644. The molecule has 7 nitrogen and oxygen atoms in total. The molecule has 1 N–H and O–H groups in total. The first-order valence-electron chi connectivity index (χ1n) is 6.09. The fourth-order valence-electron chi connectivity index (χ4n) is 2.65. The molecule has 1 heterocycles. The molecule has 1 aromatic rings. The Morgan fingerprint density at radius 1 is 1.56 bits per heavy atom. The van der Waals surface area contributed by atoms with Crippen molar-refractivity contribution in [3.63, 3.8) is 0 Å². The summed E-state index contributed by atoms with van der Waals surface area (Å²) in [5.41, 5.74) is 0. The monoisotopic (exact) mass is 254 g/mol. The summed E-state index contributed by atoms with van der Waals surface area (Å²) < 4.78 is 1.62. The van der Waals surface area contributed by atoms with Crippen LogP contribution in [0.25, 0.3) is 0 Å². The number of aliphatic hydroxyl groups excluding tert-OH is 1. The van der Waals surface area contributed by atoms with Crippen molar-refractivity contribution in [3.05, 3.63) is 16.4 Å². The molecule has 0 bridgehead atoms. The summed E-state index contributed by atoms with van der Waals surface area (Å²) in [6.45, 7) is 0. The van der Waals surface area contributed by atoms with E-state index in [0.717, 1.165) is 25.7 Å². The molecule has 0 spiro atoms. The highest BCUT2D eigenvalue weighted by molar-refractivity contribution is 5.55. The molecule has 0 aromatic carbocycles. The minimum absolute atomic E-state index is 0.0761. The summed E-state index contributed by atoms with van der Waals surface area (Å²) >= 11 is 0. The number of hydrogen-bond acceptors (Lipinski definition) is 5. The van der Waals surface area contributed by atoms with Crippen molar-refractivity contribution in [1.82, 2.24) is 9.55 Å². The molecule has 2 rings (SSSR count). The Morgan fingerprint density at radius 3 is 2.83 bits per heavy atom. The second kappa shape index (κ2) is 4.93. The maximum Gasteiger partial charge on any atom is 0.406 e. The number of anilines is 1. The molecule has 100 valence electrons. The van der Waals surface area contributed by atoms with E-state index in [1.807, 2.05) is 0 Å². The molecule has 1 aromatic heterocycles. The minimum atomic E-state index is -0.485. The van der Waals surface area contributed by atoms with Gasteiger partial charge in [-0.25, -0.2) is 0 Å². The van der Waals surface area contributed by atoms with E-state index in [-0.39, 0.29) is 11.9 Å². The lowest BCUT2D eigenvalue weighted by molar-refractivity contribution is -0.388. The van der Waals surface area contributed by atoms with E-state index in [2.05, 4.69) is 4.98 Å². The molecule has 0 amide bonds. The van der Waals surface area contributed by atoms with Crippen LogP contribution in [0.4, 0.5) is 11.6 Å². The van der Waals surface area contributed by atoms with Gasteiger partial charge in [0.15, 0.2) is 0 Å². The van der Waals surface area contributed by atoms with Gasteiger partial charge in [0.25, 0.3) is 0 Å². The van der Waals surface area contributed by atoms with Crippen molar-refractivity contribution in [2.24, 2.45) is 7.05 Å². The number of aryl methyl sites for hydroxylation is 1. The van der Waals surface area contributed by atoms with Crippen LogP contribution in [0.1, 0.15) is 25.7 Å². The molecule has 1 saturated carbocycles. The highest BCUT2D eigenvalue weighted by Crippen LogP contribution is 2.31. The first-order chi connectivity index (χ1) is 8.52. The molecular formula is C11H18N4O3. The Morgan fingerprint density at radius 2 is 2.22 bits per heavy atom. The van der Waals surface area contributed by atoms with Gasteiger partial charge < -0.3 is 20.1 Å². The highest BCUT2D eigenvalue weighted by Gasteiger charge is 2.32. The van der Waals surface area contributed by atoms with E-state index in [4.69, 9.17) is 0 Å². The van der Waals surface area contributed by atoms with E-state index in [1.54, 1.807) is 23.6 Å². The zero-order valence-electron chi connectivity index (χ0n) is 10.6. The average Bonchev–Trinajstić information content (AvgIpc) is 2.71. The Labute approximate surface area is 105 Å². The smallest absolute Gasteiger partial charge is 0.391 e. The fraction of sp³-hybridized carbons (Fsp3) is 0.727. The van der Waals surface area contributed by atoms with Crippen LogP contribution in [0.3, 0.4) is 0 Å². The third-order valence-corrected chi connectivity index (χ3v) is 3.59. The van der Waals surface area contributed by atoms with Gasteiger partial charge in [0.05, 0.1) is 12.1 Å². The summed E-state index contributed by atoms with van der Waals surface area (Å²) in [6, 6.07) is -0.0761. The van der Waals surface area contributed by atoms with Gasteiger partial charge in [0.2, 0.25) is 12.1 Å². The SMILES string of the molecule is CN(c1c([N+](=O)[O-])ncn1C)C1CCCCC1O. The number of aromatic nitrogens is 2. The number of likely N-dealkylation sites (N-methyl/N-ethyl adjacent to an activating group) is 1. The molecule has 0 saturated heterocycles. The Bertz CT molecular complexity index is 445. The summed E-state index contributed by atoms with van der Waals surface area (Å²) in [4.78, 5) is 16.0. The first-order valence-corrected chi connectivity index (χ1v) is 6.09. The molecule has 0 aliphatic heterocycles. The minimum Gasteiger partial charge on any atom is -0.391 e. The van der Waals surface area contributed by atoms with E-state index in [9.17, 15) is 15.2 Å². The van der Waals surface area contributed by atoms with Crippen molar-refractivity contribution in [1.29, 1.82) is 0 Å². The molecular weight excluding hydrogens is 236 g/mol. The molecule has 1 aliphatic carbocycles. The van der Waals surface area contributed by atoms with Gasteiger partial charge in [-0.1, -0.05) is 12.8 Å². The van der Waals surface area contributed by atoms with Crippen molar-refractivity contribution >= 4 is 11.6 Å². The van der Waals surface area contributed by atoms with Crippen LogP contribution in [0.15, 0.2) is 6.33 Å². The number of aliphatic hydroxyl groups is 1. The van der Waals surface area contributed by atoms with Gasteiger partial charge in [0.1, 0.15) is 0 Å². The zero-order valence-corrected chi connectivity index (χ0v) is 10.6. The van der Waals surface area contributed by atoms with Gasteiger partial charge in [0, 0.05) is 14.1 Å². The van der Waals surface area contributed by atoms with E-state index in [0.29, 0.717) is 5.82 Å². The Balaban J connectivity index is 2.29. The van der Waals surface area contributed by atoms with Crippen LogP contribution in [0.5, 0.6) is 0 Å².